The minimum atomic E-state index is -4.52. The van der Waals surface area contributed by atoms with Crippen molar-refractivity contribution in [2.24, 2.45) is 0 Å². The highest BCUT2D eigenvalue weighted by atomic mass is 35.5. The summed E-state index contributed by atoms with van der Waals surface area (Å²) in [7, 11) is 2.11. The first-order valence-corrected chi connectivity index (χ1v) is 11.7. The fourth-order valence-electron chi connectivity index (χ4n) is 4.06. The first-order chi connectivity index (χ1) is 16.3. The number of aromatic nitrogens is 2. The van der Waals surface area contributed by atoms with Crippen LogP contribution in [-0.4, -0.2) is 66.1 Å². The molecule has 3 heterocycles. The van der Waals surface area contributed by atoms with Gasteiger partial charge in [0.1, 0.15) is 11.6 Å². The van der Waals surface area contributed by atoms with Crippen molar-refractivity contribution in [3.8, 4) is 0 Å². The number of fused-ring (bicyclic) bond motifs is 1. The average molecular weight is 493 g/mol. The molecule has 6 nitrogen and oxygen atoms in total. The SMILES string of the molecule is CN1CCCN(CCCNc2cnc(Nc3ccc4cccc(Cl)c4n3)cc2C(F)(F)F)CC1. The van der Waals surface area contributed by atoms with Crippen molar-refractivity contribution >= 4 is 39.8 Å². The second-order valence-electron chi connectivity index (χ2n) is 8.52. The summed E-state index contributed by atoms with van der Waals surface area (Å²) in [5, 5.41) is 7.10. The molecule has 182 valence electrons. The molecule has 0 aliphatic carbocycles. The first kappa shape index (κ1) is 24.5. The van der Waals surface area contributed by atoms with Gasteiger partial charge in [0.2, 0.25) is 0 Å². The summed E-state index contributed by atoms with van der Waals surface area (Å²) in [5.41, 5.74) is -0.220. The molecule has 0 saturated carbocycles. The molecule has 0 bridgehead atoms. The Bertz CT molecular complexity index is 1120. The van der Waals surface area contributed by atoms with Crippen LogP contribution in [-0.2, 0) is 6.18 Å². The van der Waals surface area contributed by atoms with Crippen LogP contribution < -0.4 is 10.6 Å². The highest BCUT2D eigenvalue weighted by molar-refractivity contribution is 6.35. The van der Waals surface area contributed by atoms with E-state index in [4.69, 9.17) is 11.6 Å². The quantitative estimate of drug-likeness (QED) is 0.426. The van der Waals surface area contributed by atoms with Gasteiger partial charge in [-0.15, -0.1) is 0 Å². The van der Waals surface area contributed by atoms with Crippen molar-refractivity contribution < 1.29 is 13.2 Å². The van der Waals surface area contributed by atoms with Gasteiger partial charge in [-0.3, -0.25) is 0 Å². The van der Waals surface area contributed by atoms with E-state index in [0.29, 0.717) is 22.9 Å². The lowest BCUT2D eigenvalue weighted by atomic mass is 10.2. The van der Waals surface area contributed by atoms with Gasteiger partial charge in [-0.05, 0) is 63.8 Å². The van der Waals surface area contributed by atoms with Gasteiger partial charge in [0.15, 0.2) is 0 Å². The number of likely N-dealkylation sites (N-methyl/N-ethyl adjacent to an activating group) is 1. The van der Waals surface area contributed by atoms with Crippen molar-refractivity contribution in [3.63, 3.8) is 0 Å². The molecule has 1 fully saturated rings. The molecular weight excluding hydrogens is 465 g/mol. The molecule has 1 aliphatic heterocycles. The summed E-state index contributed by atoms with van der Waals surface area (Å²) < 4.78 is 41.3. The minimum Gasteiger partial charge on any atom is -0.383 e. The predicted octanol–water partition coefficient (Wildman–Crippen LogP) is 5.49. The zero-order chi connectivity index (χ0) is 24.1. The number of benzene rings is 1. The first-order valence-electron chi connectivity index (χ1n) is 11.3. The van der Waals surface area contributed by atoms with Crippen molar-refractivity contribution in [1.82, 2.24) is 19.8 Å². The number of rotatable bonds is 7. The van der Waals surface area contributed by atoms with Crippen LogP contribution in [0.1, 0.15) is 18.4 Å². The van der Waals surface area contributed by atoms with Crippen LogP contribution >= 0.6 is 11.6 Å². The normalized spacial score (nSPS) is 15.9. The molecule has 0 spiro atoms. The number of halogens is 4. The Hall–Kier alpha value is -2.62. The van der Waals surface area contributed by atoms with E-state index >= 15 is 0 Å². The topological polar surface area (TPSA) is 56.3 Å². The van der Waals surface area contributed by atoms with E-state index in [1.165, 1.54) is 6.20 Å². The van der Waals surface area contributed by atoms with Gasteiger partial charge in [-0.25, -0.2) is 9.97 Å². The van der Waals surface area contributed by atoms with E-state index in [-0.39, 0.29) is 11.5 Å². The van der Waals surface area contributed by atoms with Crippen molar-refractivity contribution in [3.05, 3.63) is 53.2 Å². The van der Waals surface area contributed by atoms with E-state index in [2.05, 4.69) is 37.4 Å². The molecule has 0 amide bonds. The maximum atomic E-state index is 13.8. The summed E-state index contributed by atoms with van der Waals surface area (Å²) in [6.45, 7) is 5.40. The largest absolute Gasteiger partial charge is 0.418 e. The smallest absolute Gasteiger partial charge is 0.383 e. The second kappa shape index (κ2) is 10.8. The van der Waals surface area contributed by atoms with Crippen LogP contribution in [0, 0.1) is 0 Å². The lowest BCUT2D eigenvalue weighted by molar-refractivity contribution is -0.137. The van der Waals surface area contributed by atoms with Crippen molar-refractivity contribution in [1.29, 1.82) is 0 Å². The molecule has 1 aliphatic rings. The van der Waals surface area contributed by atoms with Crippen molar-refractivity contribution in [2.45, 2.75) is 19.0 Å². The molecular formula is C24H28ClF3N6. The molecule has 3 aromatic rings. The zero-order valence-corrected chi connectivity index (χ0v) is 19.8. The number of anilines is 3. The summed E-state index contributed by atoms with van der Waals surface area (Å²) in [4.78, 5) is 13.3. The van der Waals surface area contributed by atoms with Gasteiger partial charge in [0.05, 0.1) is 28.0 Å². The molecule has 2 aromatic heterocycles. The Morgan fingerprint density at radius 2 is 1.91 bits per heavy atom. The number of hydrogen-bond donors (Lipinski definition) is 2. The van der Waals surface area contributed by atoms with Gasteiger partial charge in [0.25, 0.3) is 0 Å². The van der Waals surface area contributed by atoms with Crippen LogP contribution in [0.5, 0.6) is 0 Å². The van der Waals surface area contributed by atoms with E-state index < -0.39 is 11.7 Å². The lowest BCUT2D eigenvalue weighted by Crippen LogP contribution is -2.30. The maximum Gasteiger partial charge on any atom is 0.418 e. The zero-order valence-electron chi connectivity index (χ0n) is 19.0. The Morgan fingerprint density at radius 3 is 2.74 bits per heavy atom. The van der Waals surface area contributed by atoms with Gasteiger partial charge in [0, 0.05) is 25.0 Å². The third-order valence-corrected chi connectivity index (χ3v) is 6.22. The summed E-state index contributed by atoms with van der Waals surface area (Å²) in [6.07, 6.45) is -1.43. The fourth-order valence-corrected chi connectivity index (χ4v) is 4.28. The summed E-state index contributed by atoms with van der Waals surface area (Å²) in [6, 6.07) is 9.89. The van der Waals surface area contributed by atoms with Crippen LogP contribution in [0.2, 0.25) is 5.02 Å². The summed E-state index contributed by atoms with van der Waals surface area (Å²) >= 11 is 6.19. The standard InChI is InChI=1S/C24H28ClF3N6/c1-33-10-4-12-34(14-13-33)11-3-9-29-20-16-30-22(15-18(20)24(26,27)28)31-21-8-7-17-5-2-6-19(25)23(17)32-21/h2,5-8,15-16,29H,3-4,9-14H2,1H3,(H,30,31,32). The third-order valence-electron chi connectivity index (χ3n) is 5.92. The number of pyridine rings is 2. The fraction of sp³-hybridized carbons (Fsp3) is 0.417. The van der Waals surface area contributed by atoms with E-state index in [0.717, 1.165) is 57.0 Å². The molecule has 1 saturated heterocycles. The molecule has 34 heavy (non-hydrogen) atoms. The van der Waals surface area contributed by atoms with Gasteiger partial charge < -0.3 is 20.4 Å². The summed E-state index contributed by atoms with van der Waals surface area (Å²) in [5.74, 6) is 0.426. The van der Waals surface area contributed by atoms with Gasteiger partial charge in [-0.1, -0.05) is 23.7 Å². The van der Waals surface area contributed by atoms with Crippen LogP contribution in [0.4, 0.5) is 30.5 Å². The van der Waals surface area contributed by atoms with E-state index in [9.17, 15) is 13.2 Å². The van der Waals surface area contributed by atoms with Crippen molar-refractivity contribution in [2.75, 3.05) is 56.9 Å². The van der Waals surface area contributed by atoms with E-state index in [1.54, 1.807) is 18.2 Å². The van der Waals surface area contributed by atoms with Crippen LogP contribution in [0.15, 0.2) is 42.6 Å². The molecule has 0 radical (unpaired) electrons. The highest BCUT2D eigenvalue weighted by Crippen LogP contribution is 2.36. The average Bonchev–Trinajstić information content (AvgIpc) is 3.01. The highest BCUT2D eigenvalue weighted by Gasteiger charge is 2.34. The predicted molar refractivity (Wildman–Crippen MR) is 131 cm³/mol. The van der Waals surface area contributed by atoms with Gasteiger partial charge in [-0.2, -0.15) is 13.2 Å². The Balaban J connectivity index is 1.41. The minimum absolute atomic E-state index is 0.0248. The number of nitrogens with one attached hydrogen (secondary N) is 2. The molecule has 2 N–H and O–H groups in total. The molecule has 10 heteroatoms. The van der Waals surface area contributed by atoms with Crippen LogP contribution in [0.3, 0.4) is 0 Å². The molecule has 0 atom stereocenters. The van der Waals surface area contributed by atoms with Gasteiger partial charge >= 0.3 is 6.18 Å². The Morgan fingerprint density at radius 1 is 1.06 bits per heavy atom. The van der Waals surface area contributed by atoms with Crippen LogP contribution in [0.25, 0.3) is 10.9 Å². The third kappa shape index (κ3) is 6.28. The second-order valence-corrected chi connectivity index (χ2v) is 8.93. The number of nitrogens with zero attached hydrogens (tertiary/aromatic N) is 4. The maximum absolute atomic E-state index is 13.8. The van der Waals surface area contributed by atoms with E-state index in [1.807, 2.05) is 12.1 Å². The number of para-hydroxylation sites is 1. The Labute approximate surface area is 202 Å². The molecule has 1 aromatic carbocycles. The number of alkyl halides is 3. The monoisotopic (exact) mass is 492 g/mol. The Kier molecular flexibility index (Phi) is 7.75. The molecule has 0 unspecified atom stereocenters. The number of hydrogen-bond acceptors (Lipinski definition) is 6. The lowest BCUT2D eigenvalue weighted by Gasteiger charge is -2.20. The molecule has 4 rings (SSSR count).